The van der Waals surface area contributed by atoms with Crippen molar-refractivity contribution < 1.29 is 13.2 Å². The highest BCUT2D eigenvalue weighted by molar-refractivity contribution is 7.91. The van der Waals surface area contributed by atoms with E-state index in [2.05, 4.69) is 4.98 Å². The Balaban J connectivity index is 1.83. The van der Waals surface area contributed by atoms with Crippen molar-refractivity contribution in [3.63, 3.8) is 0 Å². The normalized spacial score (nSPS) is 20.2. The number of thiazole rings is 1. The molecule has 0 N–H and O–H groups in total. The van der Waals surface area contributed by atoms with E-state index in [1.165, 1.54) is 11.3 Å². The quantitative estimate of drug-likeness (QED) is 0.847. The molecule has 1 aliphatic heterocycles. The maximum atomic E-state index is 12.7. The van der Waals surface area contributed by atoms with Gasteiger partial charge in [-0.05, 0) is 24.8 Å². The molecule has 0 bridgehead atoms. The lowest BCUT2D eigenvalue weighted by Gasteiger charge is -2.22. The number of aryl methyl sites for hydroxylation is 1. The van der Waals surface area contributed by atoms with Crippen LogP contribution in [0.2, 0.25) is 0 Å². The van der Waals surface area contributed by atoms with Gasteiger partial charge in [-0.15, -0.1) is 11.3 Å². The van der Waals surface area contributed by atoms with Crippen molar-refractivity contribution in [2.45, 2.75) is 19.4 Å². The Morgan fingerprint density at radius 3 is 2.82 bits per heavy atom. The average Bonchev–Trinajstić information content (AvgIpc) is 3.16. The van der Waals surface area contributed by atoms with Gasteiger partial charge in [0.15, 0.2) is 9.84 Å². The molecule has 22 heavy (non-hydrogen) atoms. The number of carbonyl (C=O) groups excluding carboxylic acids is 1. The third-order valence-corrected chi connectivity index (χ3v) is 7.46. The van der Waals surface area contributed by atoms with Gasteiger partial charge < -0.3 is 4.90 Å². The van der Waals surface area contributed by atoms with Crippen LogP contribution < -0.4 is 0 Å². The molecule has 2 aromatic heterocycles. The molecule has 1 amide bonds. The van der Waals surface area contributed by atoms with Crippen molar-refractivity contribution >= 4 is 38.4 Å². The standard InChI is InChI=1S/C14H16N2O3S3/c1-9-12(21-13(15-9)10-3-5-20-7-10)14(17)16(2)11-4-6-22(18,19)8-11/h3,5,7,11H,4,6,8H2,1-2H3. The number of rotatable bonds is 3. The highest BCUT2D eigenvalue weighted by Gasteiger charge is 2.34. The van der Waals surface area contributed by atoms with E-state index in [0.717, 1.165) is 10.6 Å². The molecule has 118 valence electrons. The lowest BCUT2D eigenvalue weighted by molar-refractivity contribution is 0.0751. The summed E-state index contributed by atoms with van der Waals surface area (Å²) in [6.45, 7) is 1.82. The van der Waals surface area contributed by atoms with E-state index >= 15 is 0 Å². The maximum Gasteiger partial charge on any atom is 0.265 e. The van der Waals surface area contributed by atoms with E-state index in [1.54, 1.807) is 23.3 Å². The van der Waals surface area contributed by atoms with Gasteiger partial charge in [-0.25, -0.2) is 13.4 Å². The molecule has 0 radical (unpaired) electrons. The van der Waals surface area contributed by atoms with Crippen LogP contribution in [0.1, 0.15) is 21.8 Å². The maximum absolute atomic E-state index is 12.7. The highest BCUT2D eigenvalue weighted by Crippen LogP contribution is 2.30. The van der Waals surface area contributed by atoms with Crippen LogP contribution in [0.5, 0.6) is 0 Å². The lowest BCUT2D eigenvalue weighted by Crippen LogP contribution is -2.37. The van der Waals surface area contributed by atoms with Gasteiger partial charge in [-0.1, -0.05) is 0 Å². The minimum Gasteiger partial charge on any atom is -0.337 e. The summed E-state index contributed by atoms with van der Waals surface area (Å²) in [4.78, 5) is 19.3. The van der Waals surface area contributed by atoms with Crippen molar-refractivity contribution in [2.75, 3.05) is 18.6 Å². The van der Waals surface area contributed by atoms with E-state index in [9.17, 15) is 13.2 Å². The first kappa shape index (κ1) is 15.6. The molecule has 3 heterocycles. The average molecular weight is 356 g/mol. The molecule has 1 aliphatic rings. The largest absolute Gasteiger partial charge is 0.337 e. The molecule has 0 aliphatic carbocycles. The number of hydrogen-bond donors (Lipinski definition) is 0. The third-order valence-electron chi connectivity index (χ3n) is 3.84. The summed E-state index contributed by atoms with van der Waals surface area (Å²) in [5.41, 5.74) is 1.71. The Labute approximate surface area is 137 Å². The Morgan fingerprint density at radius 2 is 2.23 bits per heavy atom. The number of aromatic nitrogens is 1. The Kier molecular flexibility index (Phi) is 4.09. The first-order valence-corrected chi connectivity index (χ1v) is 10.4. The SMILES string of the molecule is Cc1nc(-c2ccsc2)sc1C(=O)N(C)C1CCS(=O)(=O)C1. The van der Waals surface area contributed by atoms with E-state index < -0.39 is 9.84 Å². The second-order valence-electron chi connectivity index (χ2n) is 5.42. The zero-order chi connectivity index (χ0) is 15.9. The van der Waals surface area contributed by atoms with Crippen LogP contribution in [0.3, 0.4) is 0 Å². The molecule has 3 rings (SSSR count). The van der Waals surface area contributed by atoms with Gasteiger partial charge in [0.25, 0.3) is 5.91 Å². The minimum absolute atomic E-state index is 0.0600. The molecule has 1 fully saturated rings. The van der Waals surface area contributed by atoms with Crippen molar-refractivity contribution in [2.24, 2.45) is 0 Å². The summed E-state index contributed by atoms with van der Waals surface area (Å²) >= 11 is 2.96. The molecule has 0 saturated carbocycles. The van der Waals surface area contributed by atoms with Crippen LogP contribution in [-0.4, -0.2) is 48.8 Å². The summed E-state index contributed by atoms with van der Waals surface area (Å²) in [5, 5.41) is 4.80. The van der Waals surface area contributed by atoms with Gasteiger partial charge in [-0.2, -0.15) is 11.3 Å². The molecular weight excluding hydrogens is 340 g/mol. The van der Waals surface area contributed by atoms with Crippen LogP contribution in [0.25, 0.3) is 10.6 Å². The number of amides is 1. The van der Waals surface area contributed by atoms with Crippen LogP contribution >= 0.6 is 22.7 Å². The zero-order valence-electron chi connectivity index (χ0n) is 12.3. The molecule has 1 saturated heterocycles. The summed E-state index contributed by atoms with van der Waals surface area (Å²) in [6.07, 6.45) is 0.514. The van der Waals surface area contributed by atoms with Crippen molar-refractivity contribution in [1.29, 1.82) is 0 Å². The summed E-state index contributed by atoms with van der Waals surface area (Å²) in [5.74, 6) is 0.0836. The predicted octanol–water partition coefficient (Wildman–Crippen LogP) is 2.44. The summed E-state index contributed by atoms with van der Waals surface area (Å²) < 4.78 is 23.2. The summed E-state index contributed by atoms with van der Waals surface area (Å²) in [6, 6.07) is 1.74. The fourth-order valence-corrected chi connectivity index (χ4v) is 6.05. The first-order valence-electron chi connectivity index (χ1n) is 6.85. The molecule has 0 spiro atoms. The lowest BCUT2D eigenvalue weighted by atomic mass is 10.2. The molecule has 1 atom stereocenters. The first-order chi connectivity index (χ1) is 10.4. The fraction of sp³-hybridized carbons (Fsp3) is 0.429. The predicted molar refractivity (Wildman–Crippen MR) is 89.3 cm³/mol. The van der Waals surface area contributed by atoms with Crippen LogP contribution in [0.4, 0.5) is 0 Å². The van der Waals surface area contributed by atoms with Crippen LogP contribution in [-0.2, 0) is 9.84 Å². The van der Waals surface area contributed by atoms with Crippen molar-refractivity contribution in [3.8, 4) is 10.6 Å². The van der Waals surface area contributed by atoms with E-state index in [-0.39, 0.29) is 23.5 Å². The molecule has 0 aromatic carbocycles. The van der Waals surface area contributed by atoms with Gasteiger partial charge >= 0.3 is 0 Å². The third kappa shape index (κ3) is 2.95. The number of hydrogen-bond acceptors (Lipinski definition) is 6. The number of nitrogens with zero attached hydrogens (tertiary/aromatic N) is 2. The molecule has 8 heteroatoms. The zero-order valence-corrected chi connectivity index (χ0v) is 14.7. The smallest absolute Gasteiger partial charge is 0.265 e. The van der Waals surface area contributed by atoms with Crippen molar-refractivity contribution in [3.05, 3.63) is 27.4 Å². The number of sulfone groups is 1. The Bertz CT molecular complexity index is 793. The minimum atomic E-state index is -3.00. The Hall–Kier alpha value is -1.25. The van der Waals surface area contributed by atoms with Gasteiger partial charge in [0.05, 0.1) is 17.2 Å². The Morgan fingerprint density at radius 1 is 1.45 bits per heavy atom. The van der Waals surface area contributed by atoms with Crippen LogP contribution in [0, 0.1) is 6.92 Å². The second kappa shape index (κ2) is 5.75. The molecular formula is C14H16N2O3S3. The van der Waals surface area contributed by atoms with E-state index in [4.69, 9.17) is 0 Å². The summed E-state index contributed by atoms with van der Waals surface area (Å²) in [7, 11) is -1.32. The van der Waals surface area contributed by atoms with Gasteiger partial charge in [0.1, 0.15) is 9.88 Å². The fourth-order valence-electron chi connectivity index (χ4n) is 2.51. The molecule has 2 aromatic rings. The van der Waals surface area contributed by atoms with E-state index in [1.807, 2.05) is 23.8 Å². The highest BCUT2D eigenvalue weighted by atomic mass is 32.2. The second-order valence-corrected chi connectivity index (χ2v) is 9.43. The van der Waals surface area contributed by atoms with Gasteiger partial charge in [-0.3, -0.25) is 4.79 Å². The van der Waals surface area contributed by atoms with Crippen molar-refractivity contribution in [1.82, 2.24) is 9.88 Å². The van der Waals surface area contributed by atoms with Gasteiger partial charge in [0, 0.05) is 24.0 Å². The number of carbonyl (C=O) groups is 1. The topological polar surface area (TPSA) is 67.3 Å². The van der Waals surface area contributed by atoms with Gasteiger partial charge in [0.2, 0.25) is 0 Å². The van der Waals surface area contributed by atoms with Crippen LogP contribution in [0.15, 0.2) is 16.8 Å². The van der Waals surface area contributed by atoms with E-state index in [0.29, 0.717) is 17.0 Å². The molecule has 1 unspecified atom stereocenters. The molecule has 5 nitrogen and oxygen atoms in total. The number of thiophene rings is 1. The monoisotopic (exact) mass is 356 g/mol.